The van der Waals surface area contributed by atoms with Crippen LogP contribution in [0.25, 0.3) is 0 Å². The molecule has 0 aliphatic rings. The monoisotopic (exact) mass is 495 g/mol. The molecule has 0 amide bonds. The molecule has 0 aromatic heterocycles. The SMILES string of the molecule is CCNC([S-])=NN=C(C(C)=NN=C([S-])NCC(F)(F)F)c1ccc(OC)cc1.[Cu+2]. The molecule has 0 fully saturated rings. The predicted molar refractivity (Wildman–Crippen MR) is 110 cm³/mol. The molecule has 1 aromatic rings. The Morgan fingerprint density at radius 3 is 2.07 bits per heavy atom. The Kier molecular flexibility index (Phi) is 12.4. The van der Waals surface area contributed by atoms with Crippen molar-refractivity contribution in [1.82, 2.24) is 10.6 Å². The Morgan fingerprint density at radius 2 is 1.55 bits per heavy atom. The minimum Gasteiger partial charge on any atom is -0.741 e. The third kappa shape index (κ3) is 11.0. The molecule has 0 aliphatic heterocycles. The fraction of sp³-hybridized carbons (Fsp3) is 0.375. The van der Waals surface area contributed by atoms with Crippen LogP contribution in [0.4, 0.5) is 13.2 Å². The van der Waals surface area contributed by atoms with E-state index in [1.807, 2.05) is 12.2 Å². The van der Waals surface area contributed by atoms with Crippen molar-refractivity contribution in [1.29, 1.82) is 0 Å². The Hall–Kier alpha value is -1.95. The summed E-state index contributed by atoms with van der Waals surface area (Å²) in [5.41, 5.74) is 1.24. The molecule has 0 unspecified atom stereocenters. The molecule has 0 saturated heterocycles. The van der Waals surface area contributed by atoms with E-state index in [1.54, 1.807) is 31.2 Å². The first kappa shape index (κ1) is 27.0. The number of halogens is 3. The van der Waals surface area contributed by atoms with Crippen LogP contribution in [0.3, 0.4) is 0 Å². The number of hydrogen-bond acceptors (Lipinski definition) is 7. The maximum Gasteiger partial charge on any atom is 2.00 e. The van der Waals surface area contributed by atoms with E-state index in [1.165, 1.54) is 7.11 Å². The Labute approximate surface area is 188 Å². The zero-order valence-electron chi connectivity index (χ0n) is 15.7. The molecule has 0 atom stereocenters. The summed E-state index contributed by atoms with van der Waals surface area (Å²) in [4.78, 5) is 0. The molecule has 1 aromatic carbocycles. The second-order valence-electron chi connectivity index (χ2n) is 5.17. The molecular formula is C16H19CuF3N6OS2. The third-order valence-electron chi connectivity index (χ3n) is 3.01. The maximum atomic E-state index is 12.2. The number of nitrogens with one attached hydrogen (secondary N) is 2. The Balaban J connectivity index is 0.00000784. The van der Waals surface area contributed by atoms with Crippen molar-refractivity contribution in [2.45, 2.75) is 20.0 Å². The fourth-order valence-electron chi connectivity index (χ4n) is 1.75. The second kappa shape index (κ2) is 13.3. The summed E-state index contributed by atoms with van der Waals surface area (Å²) in [6.45, 7) is 2.72. The molecule has 29 heavy (non-hydrogen) atoms. The summed E-state index contributed by atoms with van der Waals surface area (Å²) >= 11 is 9.74. The van der Waals surface area contributed by atoms with Crippen LogP contribution in [-0.2, 0) is 42.3 Å². The molecule has 163 valence electrons. The Bertz CT molecular complexity index is 767. The van der Waals surface area contributed by atoms with Crippen LogP contribution in [0.15, 0.2) is 44.7 Å². The number of nitrogens with zero attached hydrogens (tertiary/aromatic N) is 4. The van der Waals surface area contributed by atoms with Crippen molar-refractivity contribution < 1.29 is 35.0 Å². The molecule has 1 radical (unpaired) electrons. The largest absolute Gasteiger partial charge is 2.00 e. The molecule has 0 bridgehead atoms. The first-order valence-corrected chi connectivity index (χ1v) is 8.79. The van der Waals surface area contributed by atoms with Gasteiger partial charge < -0.3 is 40.6 Å². The van der Waals surface area contributed by atoms with Crippen LogP contribution in [0, 0.1) is 0 Å². The molecular weight excluding hydrogens is 477 g/mol. The van der Waals surface area contributed by atoms with Crippen LogP contribution in [0.5, 0.6) is 5.75 Å². The first-order chi connectivity index (χ1) is 13.2. The second-order valence-corrected chi connectivity index (χ2v) is 5.95. The summed E-state index contributed by atoms with van der Waals surface area (Å²) in [6.07, 6.45) is -4.41. The van der Waals surface area contributed by atoms with Crippen LogP contribution >= 0.6 is 0 Å². The molecule has 1 rings (SSSR count). The van der Waals surface area contributed by atoms with Gasteiger partial charge in [-0.15, -0.1) is 5.10 Å². The van der Waals surface area contributed by atoms with Gasteiger partial charge in [-0.2, -0.15) is 28.5 Å². The normalized spacial score (nSPS) is 13.6. The van der Waals surface area contributed by atoms with E-state index in [-0.39, 0.29) is 27.9 Å². The van der Waals surface area contributed by atoms with Crippen molar-refractivity contribution in [3.8, 4) is 5.75 Å². The number of methoxy groups -OCH3 is 1. The number of hydrogen-bond donors (Lipinski definition) is 2. The number of ether oxygens (including phenoxy) is 1. The van der Waals surface area contributed by atoms with Crippen molar-refractivity contribution in [2.24, 2.45) is 20.4 Å². The fourth-order valence-corrected chi connectivity index (χ4v) is 2.05. The average Bonchev–Trinajstić information content (AvgIpc) is 2.65. The number of rotatable bonds is 7. The number of benzene rings is 1. The summed E-state index contributed by atoms with van der Waals surface area (Å²) < 4.78 is 41.7. The van der Waals surface area contributed by atoms with E-state index in [2.05, 4.69) is 25.7 Å². The molecule has 2 N–H and O–H groups in total. The summed E-state index contributed by atoms with van der Waals surface area (Å²) in [6, 6.07) is 6.88. The van der Waals surface area contributed by atoms with Crippen LogP contribution < -0.4 is 15.4 Å². The van der Waals surface area contributed by atoms with Gasteiger partial charge in [0.05, 0.1) is 12.8 Å². The number of amidine groups is 2. The van der Waals surface area contributed by atoms with Crippen molar-refractivity contribution in [3.05, 3.63) is 29.8 Å². The van der Waals surface area contributed by atoms with Crippen LogP contribution in [-0.4, -0.2) is 48.1 Å². The topological polar surface area (TPSA) is 82.7 Å². The van der Waals surface area contributed by atoms with Gasteiger partial charge in [0.1, 0.15) is 18.0 Å². The van der Waals surface area contributed by atoms with Gasteiger partial charge >= 0.3 is 23.2 Å². The molecule has 0 aliphatic carbocycles. The zero-order valence-corrected chi connectivity index (χ0v) is 18.2. The van der Waals surface area contributed by atoms with Gasteiger partial charge in [-0.3, -0.25) is 0 Å². The minimum absolute atomic E-state index is 0. The minimum atomic E-state index is -4.41. The van der Waals surface area contributed by atoms with E-state index in [4.69, 9.17) is 30.0 Å². The van der Waals surface area contributed by atoms with Crippen molar-refractivity contribution in [2.75, 3.05) is 20.2 Å². The smallest absolute Gasteiger partial charge is 0.741 e. The van der Waals surface area contributed by atoms with E-state index in [9.17, 15) is 13.2 Å². The predicted octanol–water partition coefficient (Wildman–Crippen LogP) is 2.34. The van der Waals surface area contributed by atoms with Crippen LogP contribution in [0.1, 0.15) is 19.4 Å². The number of alkyl halides is 3. The van der Waals surface area contributed by atoms with Crippen molar-refractivity contribution in [3.63, 3.8) is 0 Å². The van der Waals surface area contributed by atoms with Gasteiger partial charge in [0.25, 0.3) is 0 Å². The quantitative estimate of drug-likeness (QED) is 0.199. The summed E-state index contributed by atoms with van der Waals surface area (Å²) in [7, 11) is 1.54. The molecule has 7 nitrogen and oxygen atoms in total. The molecule has 0 saturated carbocycles. The maximum absolute atomic E-state index is 12.2. The zero-order chi connectivity index (χ0) is 21.2. The third-order valence-corrected chi connectivity index (χ3v) is 3.46. The van der Waals surface area contributed by atoms with E-state index in [0.717, 1.165) is 0 Å². The van der Waals surface area contributed by atoms with E-state index >= 15 is 0 Å². The van der Waals surface area contributed by atoms with Gasteiger partial charge in [0, 0.05) is 12.1 Å². The molecule has 13 heteroatoms. The first-order valence-electron chi connectivity index (χ1n) is 7.97. The van der Waals surface area contributed by atoms with E-state index in [0.29, 0.717) is 23.6 Å². The standard InChI is InChI=1S/C16H21F3N6OS2.Cu/c1-4-20-14(27)25-23-13(11-5-7-12(26-3)8-6-11)10(2)22-24-15(28)21-9-16(17,18)19;/h5-8H,4,9H2,1-3H3,(H2,20,25,27)(H2,21,24,28);/q;+2/p-2. The molecule has 0 heterocycles. The van der Waals surface area contributed by atoms with Crippen molar-refractivity contribution >= 4 is 47.0 Å². The van der Waals surface area contributed by atoms with Gasteiger partial charge in [-0.1, -0.05) is 0 Å². The van der Waals surface area contributed by atoms with Gasteiger partial charge in [0.15, 0.2) is 0 Å². The Morgan fingerprint density at radius 1 is 1.00 bits per heavy atom. The van der Waals surface area contributed by atoms with Gasteiger partial charge in [-0.25, -0.2) is 0 Å². The summed E-state index contributed by atoms with van der Waals surface area (Å²) in [5, 5.41) is 20.0. The van der Waals surface area contributed by atoms with Gasteiger partial charge in [-0.05, 0) is 48.4 Å². The van der Waals surface area contributed by atoms with E-state index < -0.39 is 17.9 Å². The van der Waals surface area contributed by atoms with Crippen LogP contribution in [0.2, 0.25) is 0 Å². The average molecular weight is 496 g/mol. The summed E-state index contributed by atoms with van der Waals surface area (Å²) in [5.74, 6) is 0.639. The molecule has 0 spiro atoms. The van der Waals surface area contributed by atoms with Gasteiger partial charge in [0.2, 0.25) is 0 Å².